The second-order valence-electron chi connectivity index (χ2n) is 9.03. The standard InChI is InChI=1S/C31H31F3O2/c1-3-5-19-35-25-13-10-21(11-14-25)24-12-15-26(28(32)20-24)22-6-8-23(9-7-22)27-16-17-29(36-18-4-2)31(34)30(27)33/h3-9,12,15-17,20-21,25H,2,10-11,13-14,18-19H2,1H3/b5-3+. The molecule has 0 atom stereocenters. The third-order valence-corrected chi connectivity index (χ3v) is 6.71. The summed E-state index contributed by atoms with van der Waals surface area (Å²) in [4.78, 5) is 0. The minimum Gasteiger partial charge on any atom is -0.486 e. The fraction of sp³-hybridized carbons (Fsp3) is 0.290. The Bertz CT molecular complexity index is 1210. The van der Waals surface area contributed by atoms with Crippen molar-refractivity contribution in [1.82, 2.24) is 0 Å². The molecule has 188 valence electrons. The lowest BCUT2D eigenvalue weighted by Gasteiger charge is -2.28. The molecule has 3 aromatic carbocycles. The quantitative estimate of drug-likeness (QED) is 0.278. The number of halogens is 3. The zero-order valence-electron chi connectivity index (χ0n) is 20.5. The lowest BCUT2D eigenvalue weighted by Crippen LogP contribution is -2.21. The second-order valence-corrected chi connectivity index (χ2v) is 9.03. The molecule has 36 heavy (non-hydrogen) atoms. The molecule has 0 saturated heterocycles. The first-order valence-corrected chi connectivity index (χ1v) is 12.4. The van der Waals surface area contributed by atoms with Crippen LogP contribution in [0, 0.1) is 17.5 Å². The van der Waals surface area contributed by atoms with Crippen molar-refractivity contribution in [3.05, 3.63) is 102 Å². The summed E-state index contributed by atoms with van der Waals surface area (Å²) in [5, 5.41) is 0. The lowest BCUT2D eigenvalue weighted by atomic mass is 9.82. The molecule has 0 N–H and O–H groups in total. The highest BCUT2D eigenvalue weighted by molar-refractivity contribution is 5.71. The van der Waals surface area contributed by atoms with E-state index in [-0.39, 0.29) is 29.8 Å². The molecule has 1 saturated carbocycles. The van der Waals surface area contributed by atoms with Crippen molar-refractivity contribution in [3.63, 3.8) is 0 Å². The van der Waals surface area contributed by atoms with Crippen LogP contribution in [0.3, 0.4) is 0 Å². The number of ether oxygens (including phenoxy) is 2. The van der Waals surface area contributed by atoms with Gasteiger partial charge in [-0.1, -0.05) is 61.2 Å². The van der Waals surface area contributed by atoms with E-state index in [0.717, 1.165) is 31.2 Å². The Morgan fingerprint density at radius 1 is 0.833 bits per heavy atom. The van der Waals surface area contributed by atoms with Crippen LogP contribution in [-0.2, 0) is 4.74 Å². The summed E-state index contributed by atoms with van der Waals surface area (Å²) < 4.78 is 55.1. The number of rotatable bonds is 9. The molecule has 1 aliphatic rings. The topological polar surface area (TPSA) is 18.5 Å². The van der Waals surface area contributed by atoms with E-state index in [1.165, 1.54) is 18.2 Å². The highest BCUT2D eigenvalue weighted by Gasteiger charge is 2.23. The predicted octanol–water partition coefficient (Wildman–Crippen LogP) is 8.62. The minimum absolute atomic E-state index is 0.0846. The Morgan fingerprint density at radius 3 is 2.14 bits per heavy atom. The first-order valence-electron chi connectivity index (χ1n) is 12.4. The van der Waals surface area contributed by atoms with E-state index in [9.17, 15) is 8.78 Å². The van der Waals surface area contributed by atoms with Crippen LogP contribution >= 0.6 is 0 Å². The Kier molecular flexibility index (Phi) is 8.65. The van der Waals surface area contributed by atoms with E-state index >= 15 is 4.39 Å². The average Bonchev–Trinajstić information content (AvgIpc) is 2.90. The van der Waals surface area contributed by atoms with Gasteiger partial charge in [0.05, 0.1) is 12.7 Å². The first kappa shape index (κ1) is 25.8. The number of allylic oxidation sites excluding steroid dienone is 1. The van der Waals surface area contributed by atoms with Gasteiger partial charge in [0.15, 0.2) is 11.6 Å². The lowest BCUT2D eigenvalue weighted by molar-refractivity contribution is 0.0422. The summed E-state index contributed by atoms with van der Waals surface area (Å²) in [5.74, 6) is -2.15. The van der Waals surface area contributed by atoms with Gasteiger partial charge in [0.2, 0.25) is 5.82 Å². The summed E-state index contributed by atoms with van der Waals surface area (Å²) in [7, 11) is 0. The van der Waals surface area contributed by atoms with E-state index in [1.807, 2.05) is 25.1 Å². The minimum atomic E-state index is -1.04. The molecule has 0 amide bonds. The van der Waals surface area contributed by atoms with E-state index in [1.54, 1.807) is 36.4 Å². The third-order valence-electron chi connectivity index (χ3n) is 6.71. The molecule has 2 nitrogen and oxygen atoms in total. The summed E-state index contributed by atoms with van der Waals surface area (Å²) in [6, 6.07) is 15.1. The SMILES string of the molecule is C=CCOc1ccc(-c2ccc(-c3ccc(C4CCC(OC/C=C/C)CC4)cc3F)cc2)c(F)c1F. The normalized spacial score (nSPS) is 17.9. The second kappa shape index (κ2) is 12.1. The van der Waals surface area contributed by atoms with Crippen LogP contribution in [0.2, 0.25) is 0 Å². The Morgan fingerprint density at radius 2 is 1.50 bits per heavy atom. The summed E-state index contributed by atoms with van der Waals surface area (Å²) in [6.07, 6.45) is 9.65. The fourth-order valence-corrected chi connectivity index (χ4v) is 4.71. The highest BCUT2D eigenvalue weighted by atomic mass is 19.2. The summed E-state index contributed by atoms with van der Waals surface area (Å²) in [6.45, 7) is 6.21. The molecule has 5 heteroatoms. The number of hydrogen-bond donors (Lipinski definition) is 0. The Hall–Kier alpha value is -3.31. The van der Waals surface area contributed by atoms with Crippen molar-refractivity contribution in [2.45, 2.75) is 44.6 Å². The Balaban J connectivity index is 1.45. The van der Waals surface area contributed by atoms with Gasteiger partial charge in [-0.3, -0.25) is 0 Å². The van der Waals surface area contributed by atoms with Crippen LogP contribution in [0.1, 0.15) is 44.1 Å². The predicted molar refractivity (Wildman–Crippen MR) is 139 cm³/mol. The molecule has 0 spiro atoms. The van der Waals surface area contributed by atoms with Gasteiger partial charge in [-0.05, 0) is 73.4 Å². The molecule has 0 bridgehead atoms. The van der Waals surface area contributed by atoms with Crippen LogP contribution in [0.15, 0.2) is 79.4 Å². The van der Waals surface area contributed by atoms with Gasteiger partial charge in [0.25, 0.3) is 0 Å². The van der Waals surface area contributed by atoms with Crippen molar-refractivity contribution in [2.24, 2.45) is 0 Å². The third kappa shape index (κ3) is 5.90. The van der Waals surface area contributed by atoms with Gasteiger partial charge < -0.3 is 9.47 Å². The zero-order chi connectivity index (χ0) is 25.5. The molecule has 1 aliphatic carbocycles. The van der Waals surface area contributed by atoms with Gasteiger partial charge in [0, 0.05) is 11.1 Å². The molecule has 1 fully saturated rings. The van der Waals surface area contributed by atoms with E-state index < -0.39 is 11.6 Å². The van der Waals surface area contributed by atoms with Gasteiger partial charge in [-0.25, -0.2) is 8.78 Å². The van der Waals surface area contributed by atoms with Crippen LogP contribution < -0.4 is 4.74 Å². The van der Waals surface area contributed by atoms with Crippen LogP contribution in [0.5, 0.6) is 5.75 Å². The van der Waals surface area contributed by atoms with Crippen molar-refractivity contribution >= 4 is 0 Å². The maximum absolute atomic E-state index is 15.1. The van der Waals surface area contributed by atoms with Gasteiger partial charge >= 0.3 is 0 Å². The molecular formula is C31H31F3O2. The molecule has 0 heterocycles. The van der Waals surface area contributed by atoms with Crippen molar-refractivity contribution in [3.8, 4) is 28.0 Å². The number of benzene rings is 3. The average molecular weight is 493 g/mol. The van der Waals surface area contributed by atoms with Crippen molar-refractivity contribution < 1.29 is 22.6 Å². The van der Waals surface area contributed by atoms with E-state index in [4.69, 9.17) is 9.47 Å². The molecule has 3 aromatic rings. The van der Waals surface area contributed by atoms with Crippen LogP contribution in [0.25, 0.3) is 22.3 Å². The molecule has 0 aliphatic heterocycles. The van der Waals surface area contributed by atoms with Crippen LogP contribution in [-0.4, -0.2) is 19.3 Å². The monoisotopic (exact) mass is 492 g/mol. The Labute approximate surface area is 211 Å². The van der Waals surface area contributed by atoms with Gasteiger partial charge in [-0.2, -0.15) is 4.39 Å². The largest absolute Gasteiger partial charge is 0.486 e. The van der Waals surface area contributed by atoms with Gasteiger partial charge in [-0.15, -0.1) is 0 Å². The maximum atomic E-state index is 15.1. The number of hydrogen-bond acceptors (Lipinski definition) is 2. The summed E-state index contributed by atoms with van der Waals surface area (Å²) >= 11 is 0. The van der Waals surface area contributed by atoms with Crippen molar-refractivity contribution in [2.75, 3.05) is 13.2 Å². The van der Waals surface area contributed by atoms with E-state index in [2.05, 4.69) is 6.58 Å². The molecular weight excluding hydrogens is 461 g/mol. The van der Waals surface area contributed by atoms with Crippen LogP contribution in [0.4, 0.5) is 13.2 Å². The molecule has 0 radical (unpaired) electrons. The zero-order valence-corrected chi connectivity index (χ0v) is 20.5. The van der Waals surface area contributed by atoms with Crippen molar-refractivity contribution in [1.29, 1.82) is 0 Å². The molecule has 0 unspecified atom stereocenters. The highest BCUT2D eigenvalue weighted by Crippen LogP contribution is 2.37. The first-order chi connectivity index (χ1) is 17.5. The maximum Gasteiger partial charge on any atom is 0.201 e. The summed E-state index contributed by atoms with van der Waals surface area (Å²) in [5.41, 5.74) is 2.78. The van der Waals surface area contributed by atoms with Gasteiger partial charge in [0.1, 0.15) is 12.4 Å². The molecule has 0 aromatic heterocycles. The smallest absolute Gasteiger partial charge is 0.201 e. The molecule has 4 rings (SSSR count). The fourth-order valence-electron chi connectivity index (χ4n) is 4.71. The van der Waals surface area contributed by atoms with E-state index in [0.29, 0.717) is 29.2 Å².